The van der Waals surface area contributed by atoms with Crippen LogP contribution in [0.25, 0.3) is 11.0 Å². The Labute approximate surface area is 171 Å². The van der Waals surface area contributed by atoms with Gasteiger partial charge in [0.2, 0.25) is 15.9 Å². The van der Waals surface area contributed by atoms with Crippen LogP contribution in [-0.4, -0.2) is 41.7 Å². The lowest BCUT2D eigenvalue weighted by Crippen LogP contribution is -2.41. The number of sulfonamides is 1. The molecule has 1 aromatic heterocycles. The topological polar surface area (TPSA) is 132 Å². The van der Waals surface area contributed by atoms with Crippen molar-refractivity contribution in [2.45, 2.75) is 17.7 Å². The molecule has 1 aliphatic heterocycles. The van der Waals surface area contributed by atoms with Crippen molar-refractivity contribution in [1.82, 2.24) is 14.3 Å². The van der Waals surface area contributed by atoms with Gasteiger partial charge in [0, 0.05) is 24.7 Å². The van der Waals surface area contributed by atoms with Crippen LogP contribution in [0.4, 0.5) is 5.69 Å². The SMILES string of the molecule is O=C(Nc1ccccc1)C1CCN(S(=O)(=O)c2ccc3[nH]c(=O)c(=O)[nH]c3c2)CC1. The Morgan fingerprint density at radius 2 is 1.57 bits per heavy atom. The summed E-state index contributed by atoms with van der Waals surface area (Å²) in [5.74, 6) is -0.389. The highest BCUT2D eigenvalue weighted by molar-refractivity contribution is 7.89. The summed E-state index contributed by atoms with van der Waals surface area (Å²) in [6, 6.07) is 13.3. The summed E-state index contributed by atoms with van der Waals surface area (Å²) >= 11 is 0. The minimum atomic E-state index is -3.80. The van der Waals surface area contributed by atoms with Crippen LogP contribution in [0.1, 0.15) is 12.8 Å². The van der Waals surface area contributed by atoms with Crippen LogP contribution in [0.3, 0.4) is 0 Å². The van der Waals surface area contributed by atoms with E-state index in [9.17, 15) is 22.8 Å². The number of carbonyl (C=O) groups is 1. The van der Waals surface area contributed by atoms with Gasteiger partial charge in [-0.25, -0.2) is 8.42 Å². The van der Waals surface area contributed by atoms with Gasteiger partial charge in [0.1, 0.15) is 0 Å². The Morgan fingerprint density at radius 3 is 2.23 bits per heavy atom. The van der Waals surface area contributed by atoms with E-state index in [1.165, 1.54) is 22.5 Å². The van der Waals surface area contributed by atoms with Crippen LogP contribution in [-0.2, 0) is 14.8 Å². The molecule has 1 aliphatic rings. The Balaban J connectivity index is 1.48. The van der Waals surface area contributed by atoms with E-state index in [1.54, 1.807) is 12.1 Å². The zero-order valence-electron chi connectivity index (χ0n) is 15.9. The molecule has 10 heteroatoms. The lowest BCUT2D eigenvalue weighted by Gasteiger charge is -2.30. The maximum atomic E-state index is 13.0. The average molecular weight is 428 g/mol. The maximum absolute atomic E-state index is 13.0. The molecule has 3 aromatic rings. The Morgan fingerprint density at radius 1 is 0.933 bits per heavy atom. The molecule has 2 heterocycles. The van der Waals surface area contributed by atoms with Gasteiger partial charge >= 0.3 is 11.1 Å². The number of carbonyl (C=O) groups excluding carboxylic acids is 1. The maximum Gasteiger partial charge on any atom is 0.314 e. The van der Waals surface area contributed by atoms with E-state index in [4.69, 9.17) is 0 Å². The summed E-state index contributed by atoms with van der Waals surface area (Å²) < 4.78 is 27.4. The third kappa shape index (κ3) is 3.91. The van der Waals surface area contributed by atoms with Crippen molar-refractivity contribution in [3.8, 4) is 0 Å². The van der Waals surface area contributed by atoms with Crippen molar-refractivity contribution in [2.24, 2.45) is 5.92 Å². The molecule has 1 amide bonds. The summed E-state index contributed by atoms with van der Waals surface area (Å²) in [6.45, 7) is 0.435. The molecular formula is C20H20N4O5S. The van der Waals surface area contributed by atoms with Crippen LogP contribution < -0.4 is 16.4 Å². The Bertz CT molecular complexity index is 1310. The molecule has 0 spiro atoms. The molecule has 156 valence electrons. The van der Waals surface area contributed by atoms with Crippen molar-refractivity contribution < 1.29 is 13.2 Å². The number of nitrogens with zero attached hydrogens (tertiary/aromatic N) is 1. The lowest BCUT2D eigenvalue weighted by molar-refractivity contribution is -0.120. The van der Waals surface area contributed by atoms with Gasteiger partial charge in [0.25, 0.3) is 0 Å². The number of amides is 1. The number of rotatable bonds is 4. The fourth-order valence-corrected chi connectivity index (χ4v) is 5.02. The van der Waals surface area contributed by atoms with Crippen molar-refractivity contribution in [3.63, 3.8) is 0 Å². The zero-order valence-corrected chi connectivity index (χ0v) is 16.7. The average Bonchev–Trinajstić information content (AvgIpc) is 2.75. The van der Waals surface area contributed by atoms with E-state index >= 15 is 0 Å². The number of aromatic amines is 2. The molecule has 0 unspecified atom stereocenters. The molecule has 1 saturated heterocycles. The van der Waals surface area contributed by atoms with Crippen LogP contribution in [0.15, 0.2) is 63.0 Å². The summed E-state index contributed by atoms with van der Waals surface area (Å²) in [5.41, 5.74) is -0.357. The zero-order chi connectivity index (χ0) is 21.3. The molecule has 9 nitrogen and oxygen atoms in total. The molecule has 4 rings (SSSR count). The molecule has 2 aromatic carbocycles. The smallest absolute Gasteiger partial charge is 0.314 e. The number of nitrogens with one attached hydrogen (secondary N) is 3. The summed E-state index contributed by atoms with van der Waals surface area (Å²) in [5, 5.41) is 2.86. The minimum Gasteiger partial charge on any atom is -0.326 e. The number of para-hydroxylation sites is 1. The second-order valence-corrected chi connectivity index (χ2v) is 9.09. The summed E-state index contributed by atoms with van der Waals surface area (Å²) in [7, 11) is -3.80. The monoisotopic (exact) mass is 428 g/mol. The first-order chi connectivity index (χ1) is 14.3. The molecule has 0 bridgehead atoms. The normalized spacial score (nSPS) is 15.9. The number of anilines is 1. The molecule has 0 saturated carbocycles. The fraction of sp³-hybridized carbons (Fsp3) is 0.250. The van der Waals surface area contributed by atoms with Gasteiger partial charge in [-0.3, -0.25) is 14.4 Å². The number of aromatic nitrogens is 2. The lowest BCUT2D eigenvalue weighted by atomic mass is 9.97. The van der Waals surface area contributed by atoms with Crippen molar-refractivity contribution in [1.29, 1.82) is 0 Å². The van der Waals surface area contributed by atoms with Crippen LogP contribution >= 0.6 is 0 Å². The van der Waals surface area contributed by atoms with E-state index in [0.29, 0.717) is 24.0 Å². The molecule has 0 aliphatic carbocycles. The van der Waals surface area contributed by atoms with Gasteiger partial charge < -0.3 is 15.3 Å². The standard InChI is InChI=1S/C20H20N4O5S/c25-18(21-14-4-2-1-3-5-14)13-8-10-24(11-9-13)30(28,29)15-6-7-16-17(12-15)23-20(27)19(26)22-16/h1-7,12-13H,8-11H2,(H,21,25)(H,22,26)(H,23,27). The summed E-state index contributed by atoms with van der Waals surface area (Å²) in [6.07, 6.45) is 0.825. The first-order valence-electron chi connectivity index (χ1n) is 9.47. The van der Waals surface area contributed by atoms with Crippen LogP contribution in [0, 0.1) is 5.92 Å². The van der Waals surface area contributed by atoms with Crippen LogP contribution in [0.5, 0.6) is 0 Å². The highest BCUT2D eigenvalue weighted by Gasteiger charge is 2.32. The molecule has 0 radical (unpaired) electrons. The van der Waals surface area contributed by atoms with E-state index in [1.807, 2.05) is 18.2 Å². The number of hydrogen-bond donors (Lipinski definition) is 3. The molecule has 1 fully saturated rings. The van der Waals surface area contributed by atoms with E-state index in [0.717, 1.165) is 0 Å². The number of benzene rings is 2. The molecule has 3 N–H and O–H groups in total. The third-order valence-corrected chi connectivity index (χ3v) is 7.09. The van der Waals surface area contributed by atoms with Gasteiger partial charge in [-0.2, -0.15) is 4.31 Å². The largest absolute Gasteiger partial charge is 0.326 e. The number of hydrogen-bond acceptors (Lipinski definition) is 5. The Kier molecular flexibility index (Phi) is 5.27. The number of H-pyrrole nitrogens is 2. The second kappa shape index (κ2) is 7.88. The number of fused-ring (bicyclic) bond motifs is 1. The first kappa shape index (κ1) is 20.0. The third-order valence-electron chi connectivity index (χ3n) is 5.20. The van der Waals surface area contributed by atoms with Gasteiger partial charge in [0.05, 0.1) is 15.9 Å². The molecular weight excluding hydrogens is 408 g/mol. The van der Waals surface area contributed by atoms with E-state index < -0.39 is 21.1 Å². The number of piperidine rings is 1. The van der Waals surface area contributed by atoms with Crippen molar-refractivity contribution in [3.05, 3.63) is 69.2 Å². The highest BCUT2D eigenvalue weighted by atomic mass is 32.2. The predicted molar refractivity (Wildman–Crippen MR) is 112 cm³/mol. The quantitative estimate of drug-likeness (QED) is 0.538. The second-order valence-electron chi connectivity index (χ2n) is 7.15. The predicted octanol–water partition coefficient (Wildman–Crippen LogP) is 1.26. The van der Waals surface area contributed by atoms with E-state index in [-0.39, 0.29) is 35.3 Å². The molecule has 0 atom stereocenters. The highest BCUT2D eigenvalue weighted by Crippen LogP contribution is 2.26. The molecule has 30 heavy (non-hydrogen) atoms. The van der Waals surface area contributed by atoms with Gasteiger partial charge in [-0.1, -0.05) is 18.2 Å². The fourth-order valence-electron chi connectivity index (χ4n) is 3.53. The first-order valence-corrected chi connectivity index (χ1v) is 10.9. The van der Waals surface area contributed by atoms with E-state index in [2.05, 4.69) is 15.3 Å². The van der Waals surface area contributed by atoms with Gasteiger partial charge in [-0.05, 0) is 43.2 Å². The summed E-state index contributed by atoms with van der Waals surface area (Å²) in [4.78, 5) is 40.2. The Hall–Kier alpha value is -3.24. The van der Waals surface area contributed by atoms with Gasteiger partial charge in [0.15, 0.2) is 0 Å². The van der Waals surface area contributed by atoms with Gasteiger partial charge in [-0.15, -0.1) is 0 Å². The van der Waals surface area contributed by atoms with Crippen molar-refractivity contribution in [2.75, 3.05) is 18.4 Å². The van der Waals surface area contributed by atoms with Crippen LogP contribution in [0.2, 0.25) is 0 Å². The minimum absolute atomic E-state index is 0.0184. The van der Waals surface area contributed by atoms with Crippen molar-refractivity contribution >= 4 is 32.7 Å².